The van der Waals surface area contributed by atoms with Crippen molar-refractivity contribution >= 4 is 39.5 Å². The zero-order valence-corrected chi connectivity index (χ0v) is 13.4. The average molecular weight is 358 g/mol. The molecule has 7 nitrogen and oxygen atoms in total. The van der Waals surface area contributed by atoms with Crippen LogP contribution in [-0.4, -0.2) is 48.1 Å². The van der Waals surface area contributed by atoms with Gasteiger partial charge in [-0.2, -0.15) is 0 Å². The first kappa shape index (κ1) is 17.0. The summed E-state index contributed by atoms with van der Waals surface area (Å²) in [5.74, 6) is -1.43. The number of anilines is 1. The molecule has 1 rings (SSSR count). The van der Waals surface area contributed by atoms with E-state index in [1.54, 1.807) is 33.2 Å². The van der Waals surface area contributed by atoms with E-state index in [1.807, 2.05) is 0 Å². The molecule has 3 N–H and O–H groups in total. The number of urea groups is 1. The smallest absolute Gasteiger partial charge is 0.337 e. The lowest BCUT2D eigenvalue weighted by Gasteiger charge is -2.19. The van der Waals surface area contributed by atoms with Crippen LogP contribution in [0.5, 0.6) is 0 Å². The number of halogens is 1. The summed E-state index contributed by atoms with van der Waals surface area (Å²) in [5.41, 5.74) is 0.0816. The Bertz CT molecular complexity index is 575. The van der Waals surface area contributed by atoms with Crippen LogP contribution in [0.2, 0.25) is 0 Å². The van der Waals surface area contributed by atoms with Crippen molar-refractivity contribution in [3.05, 3.63) is 28.2 Å². The summed E-state index contributed by atoms with van der Waals surface area (Å²) >= 11 is 3.18. The van der Waals surface area contributed by atoms with E-state index in [4.69, 9.17) is 5.11 Å². The lowest BCUT2D eigenvalue weighted by molar-refractivity contribution is -0.130. The molecule has 1 aromatic carbocycles. The Kier molecular flexibility index (Phi) is 5.71. The van der Waals surface area contributed by atoms with Gasteiger partial charge in [0.1, 0.15) is 6.04 Å². The fourth-order valence-electron chi connectivity index (χ4n) is 1.62. The van der Waals surface area contributed by atoms with Crippen molar-refractivity contribution in [2.24, 2.45) is 0 Å². The molecule has 21 heavy (non-hydrogen) atoms. The van der Waals surface area contributed by atoms with Gasteiger partial charge in [-0.15, -0.1) is 0 Å². The molecule has 0 saturated carbocycles. The maximum absolute atomic E-state index is 11.9. The lowest BCUT2D eigenvalue weighted by Crippen LogP contribution is -2.45. The van der Waals surface area contributed by atoms with Gasteiger partial charge in [-0.25, -0.2) is 9.59 Å². The summed E-state index contributed by atoms with van der Waals surface area (Å²) in [7, 11) is 3.16. The minimum atomic E-state index is -1.16. The number of hydrogen-bond donors (Lipinski definition) is 3. The van der Waals surface area contributed by atoms with E-state index in [9.17, 15) is 14.4 Å². The van der Waals surface area contributed by atoms with Gasteiger partial charge in [0.05, 0.1) is 11.3 Å². The largest absolute Gasteiger partial charge is 0.478 e. The molecule has 0 heterocycles. The third kappa shape index (κ3) is 4.45. The molecule has 0 radical (unpaired) electrons. The van der Waals surface area contributed by atoms with Crippen molar-refractivity contribution < 1.29 is 19.5 Å². The monoisotopic (exact) mass is 357 g/mol. The predicted molar refractivity (Wildman–Crippen MR) is 81.4 cm³/mol. The van der Waals surface area contributed by atoms with Crippen molar-refractivity contribution in [2.45, 2.75) is 13.0 Å². The molecule has 1 unspecified atom stereocenters. The highest BCUT2D eigenvalue weighted by atomic mass is 79.9. The van der Waals surface area contributed by atoms with Crippen LogP contribution in [0, 0.1) is 0 Å². The molecule has 0 aromatic heterocycles. The summed E-state index contributed by atoms with van der Waals surface area (Å²) in [6.45, 7) is 1.54. The van der Waals surface area contributed by atoms with Gasteiger partial charge in [-0.05, 0) is 35.0 Å². The van der Waals surface area contributed by atoms with E-state index in [0.29, 0.717) is 4.47 Å². The van der Waals surface area contributed by atoms with E-state index in [2.05, 4.69) is 26.6 Å². The second kappa shape index (κ2) is 7.07. The molecule has 8 heteroatoms. The number of benzene rings is 1. The fraction of sp³-hybridized carbons (Fsp3) is 0.308. The highest BCUT2D eigenvalue weighted by Crippen LogP contribution is 2.26. The van der Waals surface area contributed by atoms with Gasteiger partial charge in [0, 0.05) is 18.6 Å². The highest BCUT2D eigenvalue weighted by molar-refractivity contribution is 9.10. The highest BCUT2D eigenvalue weighted by Gasteiger charge is 2.19. The molecule has 0 fully saturated rings. The SMILES string of the molecule is CC(NC(=O)Nc1c(Br)cccc1C(=O)O)C(=O)N(C)C. The minimum Gasteiger partial charge on any atom is -0.478 e. The standard InChI is InChI=1S/C13H16BrN3O4/c1-7(11(18)17(2)3)15-13(21)16-10-8(12(19)20)5-4-6-9(10)14/h4-7H,1-3H3,(H,19,20)(H2,15,16,21). The first-order chi connectivity index (χ1) is 9.73. The van der Waals surface area contributed by atoms with Gasteiger partial charge >= 0.3 is 12.0 Å². The molecular weight excluding hydrogens is 342 g/mol. The maximum atomic E-state index is 11.9. The number of amides is 3. The Balaban J connectivity index is 2.85. The summed E-state index contributed by atoms with van der Waals surface area (Å²) in [5, 5.41) is 14.0. The molecule has 1 atom stereocenters. The van der Waals surface area contributed by atoms with Crippen LogP contribution in [0.15, 0.2) is 22.7 Å². The van der Waals surface area contributed by atoms with Crippen molar-refractivity contribution in [3.63, 3.8) is 0 Å². The van der Waals surface area contributed by atoms with Gasteiger partial charge in [-0.3, -0.25) is 4.79 Å². The number of aromatic carboxylic acids is 1. The number of nitrogens with one attached hydrogen (secondary N) is 2. The van der Waals surface area contributed by atoms with Crippen molar-refractivity contribution in [1.82, 2.24) is 10.2 Å². The number of carboxylic acid groups (broad SMARTS) is 1. The van der Waals surface area contributed by atoms with Gasteiger partial charge in [-0.1, -0.05) is 6.07 Å². The van der Waals surface area contributed by atoms with Gasteiger partial charge in [0.25, 0.3) is 0 Å². The van der Waals surface area contributed by atoms with Crippen LogP contribution >= 0.6 is 15.9 Å². The fourth-order valence-corrected chi connectivity index (χ4v) is 2.09. The number of carbonyl (C=O) groups is 3. The molecular formula is C13H16BrN3O4. The van der Waals surface area contributed by atoms with Crippen LogP contribution in [0.1, 0.15) is 17.3 Å². The lowest BCUT2D eigenvalue weighted by atomic mass is 10.2. The van der Waals surface area contributed by atoms with Gasteiger partial charge in [0.2, 0.25) is 5.91 Å². The Morgan fingerprint density at radius 2 is 1.90 bits per heavy atom. The third-order valence-corrected chi connectivity index (χ3v) is 3.30. The topological polar surface area (TPSA) is 98.7 Å². The van der Waals surface area contributed by atoms with E-state index in [-0.39, 0.29) is 17.2 Å². The molecule has 3 amide bonds. The normalized spacial score (nSPS) is 11.4. The van der Waals surface area contributed by atoms with Crippen molar-refractivity contribution in [2.75, 3.05) is 19.4 Å². The summed E-state index contributed by atoms with van der Waals surface area (Å²) in [6.07, 6.45) is 0. The van der Waals surface area contributed by atoms with Crippen LogP contribution in [0.25, 0.3) is 0 Å². The summed E-state index contributed by atoms with van der Waals surface area (Å²) < 4.78 is 0.434. The van der Waals surface area contributed by atoms with Crippen LogP contribution in [-0.2, 0) is 4.79 Å². The third-order valence-electron chi connectivity index (χ3n) is 2.64. The first-order valence-corrected chi connectivity index (χ1v) is 6.83. The molecule has 0 aliphatic carbocycles. The Labute approximate surface area is 130 Å². The number of carboxylic acids is 1. The van der Waals surface area contributed by atoms with Gasteiger partial charge in [0.15, 0.2) is 0 Å². The van der Waals surface area contributed by atoms with E-state index in [1.165, 1.54) is 11.0 Å². The molecule has 0 aliphatic rings. The van der Waals surface area contributed by atoms with E-state index < -0.39 is 18.0 Å². The van der Waals surface area contributed by atoms with Crippen LogP contribution in [0.3, 0.4) is 0 Å². The second-order valence-electron chi connectivity index (χ2n) is 4.52. The zero-order chi connectivity index (χ0) is 16.2. The molecule has 0 aliphatic heterocycles. The van der Waals surface area contributed by atoms with Crippen LogP contribution < -0.4 is 10.6 Å². The average Bonchev–Trinajstić information content (AvgIpc) is 2.39. The molecule has 0 spiro atoms. The zero-order valence-electron chi connectivity index (χ0n) is 11.8. The number of para-hydroxylation sites is 1. The van der Waals surface area contributed by atoms with E-state index in [0.717, 1.165) is 0 Å². The van der Waals surface area contributed by atoms with Crippen LogP contribution in [0.4, 0.5) is 10.5 Å². The number of likely N-dealkylation sites (N-methyl/N-ethyl adjacent to an activating group) is 1. The van der Waals surface area contributed by atoms with Crippen molar-refractivity contribution in [3.8, 4) is 0 Å². The molecule has 1 aromatic rings. The number of rotatable bonds is 4. The quantitative estimate of drug-likeness (QED) is 0.764. The van der Waals surface area contributed by atoms with E-state index >= 15 is 0 Å². The number of nitrogens with zero attached hydrogens (tertiary/aromatic N) is 1. The summed E-state index contributed by atoms with van der Waals surface area (Å²) in [4.78, 5) is 36.0. The minimum absolute atomic E-state index is 0.0499. The van der Waals surface area contributed by atoms with Gasteiger partial charge < -0.3 is 20.6 Å². The Morgan fingerprint density at radius 3 is 2.43 bits per heavy atom. The Morgan fingerprint density at radius 1 is 1.29 bits per heavy atom. The maximum Gasteiger partial charge on any atom is 0.337 e. The first-order valence-electron chi connectivity index (χ1n) is 6.04. The second-order valence-corrected chi connectivity index (χ2v) is 5.37. The number of hydrogen-bond acceptors (Lipinski definition) is 3. The molecule has 0 saturated heterocycles. The molecule has 114 valence electrons. The number of carbonyl (C=O) groups excluding carboxylic acids is 2. The van der Waals surface area contributed by atoms with Crippen molar-refractivity contribution in [1.29, 1.82) is 0 Å². The molecule has 0 bridgehead atoms. The predicted octanol–water partition coefficient (Wildman–Crippen LogP) is 1.75. The Hall–Kier alpha value is -2.09. The summed E-state index contributed by atoms with van der Waals surface area (Å²) in [6, 6.07) is 3.14.